The third kappa shape index (κ3) is 14.9. The summed E-state index contributed by atoms with van der Waals surface area (Å²) in [5.41, 5.74) is 11.1. The van der Waals surface area contributed by atoms with Crippen LogP contribution in [-0.4, -0.2) is 96.0 Å². The fourth-order valence-electron chi connectivity index (χ4n) is 6.31. The molecule has 0 aromatic carbocycles. The van der Waals surface area contributed by atoms with Gasteiger partial charge in [0, 0.05) is 13.6 Å². The molecule has 0 aromatic heterocycles. The number of esters is 1. The minimum atomic E-state index is -1.08. The standard InChI is InChI=1S/C36H66N6O8/c1-8-10-17-26(29(18-11-9-2)50-30(44)21-39-33(46)23(5)24(6)43)36(49)42(7)28(19-22(3)4)34(47)41-31(25-15-13-12-14-16-25)35(48)40-27(20-37)32(38)45/h22-29,31,43H,8-21,37H2,1-7H3,(H2,38,45)(H,39,46)(H,40,48)(H,41,47)/t23-,24-,26+,27-,28-,29+,31-/m0/s1. The number of aliphatic hydroxyl groups excluding tert-OH is 1. The molecule has 0 aliphatic heterocycles. The third-order valence-electron chi connectivity index (χ3n) is 9.71. The van der Waals surface area contributed by atoms with Crippen molar-refractivity contribution in [1.29, 1.82) is 0 Å². The molecule has 50 heavy (non-hydrogen) atoms. The van der Waals surface area contributed by atoms with Crippen LogP contribution in [0.25, 0.3) is 0 Å². The lowest BCUT2D eigenvalue weighted by molar-refractivity contribution is -0.159. The highest BCUT2D eigenvalue weighted by Crippen LogP contribution is 2.28. The molecule has 7 atom stereocenters. The van der Waals surface area contributed by atoms with Gasteiger partial charge in [0.05, 0.1) is 17.9 Å². The van der Waals surface area contributed by atoms with E-state index < -0.39 is 78.3 Å². The maximum atomic E-state index is 14.4. The molecule has 1 aliphatic rings. The zero-order chi connectivity index (χ0) is 38.0. The highest BCUT2D eigenvalue weighted by molar-refractivity contribution is 5.94. The fraction of sp³-hybridized carbons (Fsp3) is 0.833. The van der Waals surface area contributed by atoms with Crippen molar-refractivity contribution in [2.24, 2.45) is 35.1 Å². The Morgan fingerprint density at radius 3 is 2.00 bits per heavy atom. The summed E-state index contributed by atoms with van der Waals surface area (Å²) < 4.78 is 5.87. The molecule has 1 rings (SSSR count). The minimum absolute atomic E-state index is 0.00916. The first kappa shape index (κ1) is 44.8. The predicted octanol–water partition coefficient (Wildman–Crippen LogP) is 1.89. The first-order valence-electron chi connectivity index (χ1n) is 18.6. The molecule has 1 fully saturated rings. The van der Waals surface area contributed by atoms with Gasteiger partial charge in [0.1, 0.15) is 30.8 Å². The summed E-state index contributed by atoms with van der Waals surface area (Å²) in [6.07, 6.45) is 6.67. The van der Waals surface area contributed by atoms with Crippen LogP contribution in [0.1, 0.15) is 119 Å². The zero-order valence-electron chi connectivity index (χ0n) is 31.5. The Balaban J connectivity index is 3.36. The van der Waals surface area contributed by atoms with Gasteiger partial charge in [-0.2, -0.15) is 0 Å². The molecule has 14 heteroatoms. The number of likely N-dealkylation sites (N-methyl/N-ethyl adjacent to an activating group) is 1. The summed E-state index contributed by atoms with van der Waals surface area (Å²) in [4.78, 5) is 80.6. The molecule has 0 saturated heterocycles. The number of aliphatic hydroxyl groups is 1. The number of ether oxygens (including phenoxy) is 1. The van der Waals surface area contributed by atoms with E-state index in [4.69, 9.17) is 16.2 Å². The van der Waals surface area contributed by atoms with E-state index in [0.29, 0.717) is 44.9 Å². The summed E-state index contributed by atoms with van der Waals surface area (Å²) in [6.45, 7) is 10.3. The van der Waals surface area contributed by atoms with E-state index >= 15 is 0 Å². The number of nitrogens with two attached hydrogens (primary N) is 2. The van der Waals surface area contributed by atoms with E-state index in [1.54, 1.807) is 14.0 Å². The molecule has 14 nitrogen and oxygen atoms in total. The van der Waals surface area contributed by atoms with E-state index in [2.05, 4.69) is 16.0 Å². The highest BCUT2D eigenvalue weighted by atomic mass is 16.5. The monoisotopic (exact) mass is 710 g/mol. The first-order chi connectivity index (χ1) is 23.6. The topological polar surface area (TPSA) is 223 Å². The Kier molecular flexibility index (Phi) is 20.8. The van der Waals surface area contributed by atoms with Gasteiger partial charge >= 0.3 is 5.97 Å². The Labute approximate surface area is 298 Å². The second-order valence-corrected chi connectivity index (χ2v) is 14.3. The molecular formula is C36H66N6O8. The lowest BCUT2D eigenvalue weighted by Crippen LogP contribution is -2.60. The van der Waals surface area contributed by atoms with Gasteiger partial charge in [0.15, 0.2) is 0 Å². The number of unbranched alkanes of at least 4 members (excludes halogenated alkanes) is 2. The average molecular weight is 711 g/mol. The van der Waals surface area contributed by atoms with Crippen molar-refractivity contribution < 1.29 is 38.6 Å². The van der Waals surface area contributed by atoms with Crippen LogP contribution in [0.3, 0.4) is 0 Å². The SMILES string of the molecule is CCCC[C@@H](OC(=O)CNC(=O)[C@@H](C)[C@H](C)O)[C@@H](CCCC)C(=O)N(C)[C@@H](CC(C)C)C(=O)N[C@H](C(=O)N[C@@H](CN)C(N)=O)C1CCCCC1. The number of hydrogen-bond donors (Lipinski definition) is 6. The normalized spacial score (nSPS) is 17.7. The van der Waals surface area contributed by atoms with Crippen LogP contribution in [-0.2, 0) is 33.5 Å². The van der Waals surface area contributed by atoms with E-state index in [1.165, 1.54) is 11.8 Å². The number of nitrogens with one attached hydrogen (secondary N) is 3. The number of primary amides is 1. The molecule has 0 aromatic rings. The van der Waals surface area contributed by atoms with Crippen LogP contribution < -0.4 is 27.4 Å². The highest BCUT2D eigenvalue weighted by Gasteiger charge is 2.39. The quantitative estimate of drug-likeness (QED) is 0.0851. The lowest BCUT2D eigenvalue weighted by Gasteiger charge is -2.36. The smallest absolute Gasteiger partial charge is 0.325 e. The van der Waals surface area contributed by atoms with Gasteiger partial charge in [-0.25, -0.2) is 0 Å². The Hall–Kier alpha value is -3.26. The molecule has 288 valence electrons. The Morgan fingerprint density at radius 2 is 1.48 bits per heavy atom. The van der Waals surface area contributed by atoms with Gasteiger partial charge in [-0.1, -0.05) is 79.6 Å². The van der Waals surface area contributed by atoms with Crippen LogP contribution in [0.5, 0.6) is 0 Å². The van der Waals surface area contributed by atoms with Crippen molar-refractivity contribution in [2.45, 2.75) is 149 Å². The molecule has 0 bridgehead atoms. The molecule has 0 radical (unpaired) electrons. The number of amides is 5. The largest absolute Gasteiger partial charge is 0.460 e. The summed E-state index contributed by atoms with van der Waals surface area (Å²) in [6, 6.07) is -2.97. The average Bonchev–Trinajstić information content (AvgIpc) is 3.08. The van der Waals surface area contributed by atoms with Crippen molar-refractivity contribution in [3.05, 3.63) is 0 Å². The summed E-state index contributed by atoms with van der Waals surface area (Å²) in [5, 5.41) is 17.8. The van der Waals surface area contributed by atoms with Crippen molar-refractivity contribution >= 4 is 35.5 Å². The maximum absolute atomic E-state index is 14.4. The summed E-state index contributed by atoms with van der Waals surface area (Å²) >= 11 is 0. The van der Waals surface area contributed by atoms with E-state index in [9.17, 15) is 33.9 Å². The van der Waals surface area contributed by atoms with Gasteiger partial charge in [0.25, 0.3) is 0 Å². The summed E-state index contributed by atoms with van der Waals surface area (Å²) in [7, 11) is 1.57. The Morgan fingerprint density at radius 1 is 0.880 bits per heavy atom. The van der Waals surface area contributed by atoms with Crippen molar-refractivity contribution in [1.82, 2.24) is 20.9 Å². The van der Waals surface area contributed by atoms with E-state index in [1.807, 2.05) is 27.7 Å². The number of rotatable bonds is 23. The number of carbonyl (C=O) groups excluding carboxylic acids is 6. The van der Waals surface area contributed by atoms with Crippen LogP contribution in [0.2, 0.25) is 0 Å². The van der Waals surface area contributed by atoms with Gasteiger partial charge < -0.3 is 42.2 Å². The second-order valence-electron chi connectivity index (χ2n) is 14.3. The first-order valence-corrected chi connectivity index (χ1v) is 18.6. The van der Waals surface area contributed by atoms with Crippen molar-refractivity contribution in [3.8, 4) is 0 Å². The number of hydrogen-bond acceptors (Lipinski definition) is 9. The lowest BCUT2D eigenvalue weighted by atomic mass is 9.83. The number of nitrogens with zero attached hydrogens (tertiary/aromatic N) is 1. The van der Waals surface area contributed by atoms with Crippen LogP contribution >= 0.6 is 0 Å². The molecule has 0 heterocycles. The molecule has 5 amide bonds. The van der Waals surface area contributed by atoms with Gasteiger partial charge in [0.2, 0.25) is 29.5 Å². The molecule has 0 spiro atoms. The molecular weight excluding hydrogens is 644 g/mol. The zero-order valence-corrected chi connectivity index (χ0v) is 31.5. The van der Waals surface area contributed by atoms with Crippen LogP contribution in [0.15, 0.2) is 0 Å². The van der Waals surface area contributed by atoms with Gasteiger partial charge in [-0.3, -0.25) is 28.8 Å². The molecule has 8 N–H and O–H groups in total. The van der Waals surface area contributed by atoms with Crippen molar-refractivity contribution in [3.63, 3.8) is 0 Å². The summed E-state index contributed by atoms with van der Waals surface area (Å²) in [5.74, 6) is -4.97. The van der Waals surface area contributed by atoms with Gasteiger partial charge in [-0.05, 0) is 50.9 Å². The second kappa shape index (κ2) is 23.3. The van der Waals surface area contributed by atoms with Crippen molar-refractivity contribution in [2.75, 3.05) is 20.1 Å². The van der Waals surface area contributed by atoms with Gasteiger partial charge in [-0.15, -0.1) is 0 Å². The van der Waals surface area contributed by atoms with Crippen LogP contribution in [0, 0.1) is 23.7 Å². The molecule has 0 unspecified atom stereocenters. The van der Waals surface area contributed by atoms with E-state index in [0.717, 1.165) is 32.1 Å². The maximum Gasteiger partial charge on any atom is 0.325 e. The third-order valence-corrected chi connectivity index (χ3v) is 9.71. The minimum Gasteiger partial charge on any atom is -0.460 e. The van der Waals surface area contributed by atoms with Crippen LogP contribution in [0.4, 0.5) is 0 Å². The molecule has 1 aliphatic carbocycles. The van der Waals surface area contributed by atoms with E-state index in [-0.39, 0.29) is 24.3 Å². The number of carbonyl (C=O) groups is 6. The predicted molar refractivity (Wildman–Crippen MR) is 191 cm³/mol. The Bertz CT molecular complexity index is 1100. The molecule has 1 saturated carbocycles. The fourth-order valence-corrected chi connectivity index (χ4v) is 6.31.